The molecule has 0 saturated carbocycles. The van der Waals surface area contributed by atoms with E-state index in [1.807, 2.05) is 6.07 Å². The second-order valence-corrected chi connectivity index (χ2v) is 3.12. The summed E-state index contributed by atoms with van der Waals surface area (Å²) in [5.41, 5.74) is 5.97. The molecule has 0 fully saturated rings. The van der Waals surface area contributed by atoms with Gasteiger partial charge < -0.3 is 16.4 Å². The van der Waals surface area contributed by atoms with Crippen molar-refractivity contribution in [2.75, 3.05) is 13.1 Å². The van der Waals surface area contributed by atoms with Crippen LogP contribution in [-0.2, 0) is 16.1 Å². The van der Waals surface area contributed by atoms with Crippen LogP contribution in [0, 0.1) is 0 Å². The fourth-order valence-electron chi connectivity index (χ4n) is 1.02. The van der Waals surface area contributed by atoms with Gasteiger partial charge >= 0.3 is 0 Å². The molecular weight excluding hydrogens is 208 g/mol. The molecule has 0 aliphatic rings. The van der Waals surface area contributed by atoms with Crippen molar-refractivity contribution in [1.82, 2.24) is 15.6 Å². The third-order valence-corrected chi connectivity index (χ3v) is 1.84. The first-order valence-electron chi connectivity index (χ1n) is 4.84. The molecule has 1 rings (SSSR count). The molecule has 0 saturated heterocycles. The molecule has 2 amide bonds. The highest BCUT2D eigenvalue weighted by Gasteiger charge is 2.03. The Labute approximate surface area is 93.2 Å². The number of rotatable bonds is 5. The first kappa shape index (κ1) is 12.1. The van der Waals surface area contributed by atoms with Crippen LogP contribution in [0.3, 0.4) is 0 Å². The molecule has 0 bridgehead atoms. The van der Waals surface area contributed by atoms with E-state index in [1.165, 1.54) is 0 Å². The van der Waals surface area contributed by atoms with E-state index in [-0.39, 0.29) is 24.9 Å². The Balaban J connectivity index is 2.23. The summed E-state index contributed by atoms with van der Waals surface area (Å²) in [6, 6.07) is 3.64. The van der Waals surface area contributed by atoms with Crippen molar-refractivity contribution < 1.29 is 9.59 Å². The molecule has 1 aromatic heterocycles. The molecule has 4 N–H and O–H groups in total. The Morgan fingerprint density at radius 1 is 1.31 bits per heavy atom. The van der Waals surface area contributed by atoms with Crippen LogP contribution >= 0.6 is 0 Å². The Morgan fingerprint density at radius 2 is 2.12 bits per heavy atom. The van der Waals surface area contributed by atoms with Crippen LogP contribution in [0.2, 0.25) is 0 Å². The monoisotopic (exact) mass is 222 g/mol. The van der Waals surface area contributed by atoms with Gasteiger partial charge in [0.25, 0.3) is 0 Å². The maximum absolute atomic E-state index is 11.2. The van der Waals surface area contributed by atoms with Crippen molar-refractivity contribution in [3.63, 3.8) is 0 Å². The highest BCUT2D eigenvalue weighted by molar-refractivity contribution is 5.85. The SMILES string of the molecule is NCC(=O)NCC(=O)NCc1cccnc1. The molecule has 6 heteroatoms. The maximum atomic E-state index is 11.2. The van der Waals surface area contributed by atoms with E-state index in [0.29, 0.717) is 6.54 Å². The predicted molar refractivity (Wildman–Crippen MR) is 58.1 cm³/mol. The summed E-state index contributed by atoms with van der Waals surface area (Å²) in [6.45, 7) is 0.220. The predicted octanol–water partition coefficient (Wildman–Crippen LogP) is -1.23. The van der Waals surface area contributed by atoms with Crippen molar-refractivity contribution in [2.24, 2.45) is 5.73 Å². The smallest absolute Gasteiger partial charge is 0.239 e. The maximum Gasteiger partial charge on any atom is 0.239 e. The summed E-state index contributed by atoms with van der Waals surface area (Å²) in [5.74, 6) is -0.609. The molecule has 0 aromatic carbocycles. The number of pyridine rings is 1. The number of carbonyl (C=O) groups excluding carboxylic acids is 2. The van der Waals surface area contributed by atoms with E-state index in [9.17, 15) is 9.59 Å². The first-order chi connectivity index (χ1) is 7.72. The normalized spacial score (nSPS) is 9.56. The standard InChI is InChI=1S/C10H14N4O2/c11-4-9(15)14-7-10(16)13-6-8-2-1-3-12-5-8/h1-3,5H,4,6-7,11H2,(H,13,16)(H,14,15). The minimum Gasteiger partial charge on any atom is -0.350 e. The van der Waals surface area contributed by atoms with Gasteiger partial charge in [-0.25, -0.2) is 0 Å². The van der Waals surface area contributed by atoms with Crippen molar-refractivity contribution in [2.45, 2.75) is 6.54 Å². The summed E-state index contributed by atoms with van der Waals surface area (Å²) < 4.78 is 0. The average Bonchev–Trinajstić information content (AvgIpc) is 2.34. The lowest BCUT2D eigenvalue weighted by atomic mass is 10.3. The van der Waals surface area contributed by atoms with Gasteiger partial charge in [0.05, 0.1) is 13.1 Å². The minimum atomic E-state index is -0.350. The zero-order valence-corrected chi connectivity index (χ0v) is 8.77. The second kappa shape index (κ2) is 6.52. The summed E-state index contributed by atoms with van der Waals surface area (Å²) >= 11 is 0. The lowest BCUT2D eigenvalue weighted by molar-refractivity contribution is -0.125. The van der Waals surface area contributed by atoms with E-state index in [2.05, 4.69) is 15.6 Å². The average molecular weight is 222 g/mol. The van der Waals surface area contributed by atoms with Crippen LogP contribution in [0.1, 0.15) is 5.56 Å². The number of hydrogen-bond acceptors (Lipinski definition) is 4. The van der Waals surface area contributed by atoms with Gasteiger partial charge in [-0.2, -0.15) is 0 Å². The Hall–Kier alpha value is -1.95. The second-order valence-electron chi connectivity index (χ2n) is 3.12. The van der Waals surface area contributed by atoms with Gasteiger partial charge in [0.15, 0.2) is 0 Å². The van der Waals surface area contributed by atoms with Crippen LogP contribution in [-0.4, -0.2) is 29.9 Å². The van der Waals surface area contributed by atoms with Gasteiger partial charge in [0, 0.05) is 18.9 Å². The fourth-order valence-corrected chi connectivity index (χ4v) is 1.02. The number of nitrogens with one attached hydrogen (secondary N) is 2. The van der Waals surface area contributed by atoms with Crippen LogP contribution in [0.15, 0.2) is 24.5 Å². The lowest BCUT2D eigenvalue weighted by Crippen LogP contribution is -2.39. The van der Waals surface area contributed by atoms with Crippen molar-refractivity contribution in [3.05, 3.63) is 30.1 Å². The number of carbonyl (C=O) groups is 2. The summed E-state index contributed by atoms with van der Waals surface area (Å²) in [4.78, 5) is 25.9. The summed E-state index contributed by atoms with van der Waals surface area (Å²) in [7, 11) is 0. The molecule has 0 aliphatic heterocycles. The number of nitrogens with two attached hydrogens (primary N) is 1. The van der Waals surface area contributed by atoms with Crippen molar-refractivity contribution in [1.29, 1.82) is 0 Å². The highest BCUT2D eigenvalue weighted by Crippen LogP contribution is 1.93. The molecule has 0 spiro atoms. The molecule has 86 valence electrons. The number of nitrogens with zero attached hydrogens (tertiary/aromatic N) is 1. The molecule has 6 nitrogen and oxygen atoms in total. The molecule has 1 heterocycles. The van der Waals surface area contributed by atoms with Crippen LogP contribution in [0.4, 0.5) is 0 Å². The zero-order chi connectivity index (χ0) is 11.8. The molecule has 0 atom stereocenters. The number of amides is 2. The molecule has 16 heavy (non-hydrogen) atoms. The lowest BCUT2D eigenvalue weighted by Gasteiger charge is -2.05. The minimum absolute atomic E-state index is 0.0592. The van der Waals surface area contributed by atoms with E-state index in [4.69, 9.17) is 5.73 Å². The van der Waals surface area contributed by atoms with Crippen molar-refractivity contribution >= 4 is 11.8 Å². The quantitative estimate of drug-likeness (QED) is 0.581. The summed E-state index contributed by atoms with van der Waals surface area (Å²) in [6.07, 6.45) is 3.32. The van der Waals surface area contributed by atoms with Crippen LogP contribution in [0.5, 0.6) is 0 Å². The first-order valence-corrected chi connectivity index (χ1v) is 4.84. The fraction of sp³-hybridized carbons (Fsp3) is 0.300. The van der Waals surface area contributed by atoms with Gasteiger partial charge in [-0.1, -0.05) is 6.07 Å². The molecule has 0 aliphatic carbocycles. The number of aromatic nitrogens is 1. The van der Waals surface area contributed by atoms with E-state index >= 15 is 0 Å². The zero-order valence-electron chi connectivity index (χ0n) is 8.77. The molecular formula is C10H14N4O2. The van der Waals surface area contributed by atoms with Crippen molar-refractivity contribution in [3.8, 4) is 0 Å². The van der Waals surface area contributed by atoms with Gasteiger partial charge in [-0.15, -0.1) is 0 Å². The van der Waals surface area contributed by atoms with Crippen LogP contribution < -0.4 is 16.4 Å². The van der Waals surface area contributed by atoms with E-state index in [0.717, 1.165) is 5.56 Å². The third kappa shape index (κ3) is 4.52. The van der Waals surface area contributed by atoms with E-state index < -0.39 is 0 Å². The van der Waals surface area contributed by atoms with E-state index in [1.54, 1.807) is 18.5 Å². The third-order valence-electron chi connectivity index (χ3n) is 1.84. The van der Waals surface area contributed by atoms with Gasteiger partial charge in [-0.05, 0) is 11.6 Å². The number of hydrogen-bond donors (Lipinski definition) is 3. The Kier molecular flexibility index (Phi) is 4.94. The Bertz CT molecular complexity index is 353. The van der Waals surface area contributed by atoms with Gasteiger partial charge in [-0.3, -0.25) is 14.6 Å². The topological polar surface area (TPSA) is 97.1 Å². The van der Waals surface area contributed by atoms with Gasteiger partial charge in [0.2, 0.25) is 11.8 Å². The highest BCUT2D eigenvalue weighted by atomic mass is 16.2. The van der Waals surface area contributed by atoms with Crippen LogP contribution in [0.25, 0.3) is 0 Å². The Morgan fingerprint density at radius 3 is 2.75 bits per heavy atom. The van der Waals surface area contributed by atoms with Gasteiger partial charge in [0.1, 0.15) is 0 Å². The molecule has 0 unspecified atom stereocenters. The summed E-state index contributed by atoms with van der Waals surface area (Å²) in [5, 5.41) is 5.02. The molecule has 0 radical (unpaired) electrons. The molecule has 1 aromatic rings. The largest absolute Gasteiger partial charge is 0.350 e.